The highest BCUT2D eigenvalue weighted by Crippen LogP contribution is 2.35. The Bertz CT molecular complexity index is 627. The SMILES string of the molecule is COc1cc(C)nc(COc2c(Br)cc(CCl)cc2Br)c1. The van der Waals surface area contributed by atoms with E-state index in [2.05, 4.69) is 36.8 Å². The summed E-state index contributed by atoms with van der Waals surface area (Å²) in [6, 6.07) is 7.63. The Morgan fingerprint density at radius 3 is 2.38 bits per heavy atom. The van der Waals surface area contributed by atoms with Crippen LogP contribution >= 0.6 is 43.5 Å². The maximum Gasteiger partial charge on any atom is 0.148 e. The zero-order valence-corrected chi connectivity index (χ0v) is 15.5. The third-order valence-corrected chi connectivity index (χ3v) is 4.28. The first-order valence-electron chi connectivity index (χ1n) is 6.21. The monoisotopic (exact) mass is 433 g/mol. The molecule has 0 atom stereocenters. The Morgan fingerprint density at radius 2 is 1.81 bits per heavy atom. The fourth-order valence-corrected chi connectivity index (χ4v) is 3.53. The second kappa shape index (κ2) is 7.47. The molecule has 0 spiro atoms. The molecule has 0 aliphatic carbocycles. The van der Waals surface area contributed by atoms with Crippen molar-refractivity contribution >= 4 is 43.5 Å². The van der Waals surface area contributed by atoms with Gasteiger partial charge in [0.2, 0.25) is 0 Å². The number of halogens is 3. The molecule has 21 heavy (non-hydrogen) atoms. The van der Waals surface area contributed by atoms with Gasteiger partial charge in [-0.3, -0.25) is 4.98 Å². The smallest absolute Gasteiger partial charge is 0.148 e. The molecular weight excluding hydrogens is 421 g/mol. The standard InChI is InChI=1S/C15H14Br2ClNO2/c1-9-3-12(20-2)6-11(19-9)8-21-15-13(16)4-10(7-18)5-14(15)17/h3-6H,7-8H2,1-2H3. The van der Waals surface area contributed by atoms with Gasteiger partial charge in [-0.15, -0.1) is 11.6 Å². The quantitative estimate of drug-likeness (QED) is 0.602. The lowest BCUT2D eigenvalue weighted by Crippen LogP contribution is -2.01. The van der Waals surface area contributed by atoms with E-state index in [-0.39, 0.29) is 0 Å². The molecule has 0 aliphatic heterocycles. The second-order valence-corrected chi connectivity index (χ2v) is 6.43. The van der Waals surface area contributed by atoms with Crippen LogP contribution in [0.1, 0.15) is 17.0 Å². The minimum absolute atomic E-state index is 0.357. The molecule has 2 aromatic rings. The van der Waals surface area contributed by atoms with E-state index in [0.29, 0.717) is 12.5 Å². The van der Waals surface area contributed by atoms with Gasteiger partial charge in [-0.1, -0.05) is 0 Å². The summed E-state index contributed by atoms with van der Waals surface area (Å²) in [6.45, 7) is 2.28. The number of aryl methyl sites for hydroxylation is 1. The predicted molar refractivity (Wildman–Crippen MR) is 91.3 cm³/mol. The van der Waals surface area contributed by atoms with Gasteiger partial charge in [0.05, 0.1) is 21.7 Å². The number of pyridine rings is 1. The van der Waals surface area contributed by atoms with Crippen LogP contribution in [0.25, 0.3) is 0 Å². The summed E-state index contributed by atoms with van der Waals surface area (Å²) in [5.41, 5.74) is 2.72. The van der Waals surface area contributed by atoms with Crippen LogP contribution in [0.4, 0.5) is 0 Å². The maximum atomic E-state index is 5.85. The van der Waals surface area contributed by atoms with Gasteiger partial charge in [0.15, 0.2) is 0 Å². The number of aromatic nitrogens is 1. The van der Waals surface area contributed by atoms with Crippen LogP contribution in [-0.2, 0) is 12.5 Å². The fraction of sp³-hybridized carbons (Fsp3) is 0.267. The Morgan fingerprint density at radius 1 is 1.14 bits per heavy atom. The molecule has 0 unspecified atom stereocenters. The van der Waals surface area contributed by atoms with E-state index in [0.717, 1.165) is 37.4 Å². The van der Waals surface area contributed by atoms with E-state index in [1.807, 2.05) is 31.2 Å². The van der Waals surface area contributed by atoms with E-state index in [9.17, 15) is 0 Å². The summed E-state index contributed by atoms with van der Waals surface area (Å²) in [4.78, 5) is 4.43. The van der Waals surface area contributed by atoms with E-state index in [4.69, 9.17) is 21.1 Å². The third kappa shape index (κ3) is 4.34. The van der Waals surface area contributed by atoms with Gasteiger partial charge in [-0.05, 0) is 56.5 Å². The van der Waals surface area contributed by atoms with Crippen molar-refractivity contribution in [3.63, 3.8) is 0 Å². The fourth-order valence-electron chi connectivity index (χ4n) is 1.87. The normalized spacial score (nSPS) is 10.5. The van der Waals surface area contributed by atoms with Gasteiger partial charge in [0, 0.05) is 23.7 Å². The zero-order chi connectivity index (χ0) is 15.4. The van der Waals surface area contributed by atoms with Gasteiger partial charge >= 0.3 is 0 Å². The second-order valence-electron chi connectivity index (χ2n) is 4.45. The molecule has 1 aromatic carbocycles. The molecule has 0 bridgehead atoms. The Kier molecular flexibility index (Phi) is 5.90. The molecule has 112 valence electrons. The molecular formula is C15H14Br2ClNO2. The van der Waals surface area contributed by atoms with E-state index < -0.39 is 0 Å². The Hall–Kier alpha value is -0.780. The van der Waals surface area contributed by atoms with Crippen molar-refractivity contribution in [2.75, 3.05) is 7.11 Å². The number of methoxy groups -OCH3 is 1. The van der Waals surface area contributed by atoms with Crippen molar-refractivity contribution in [1.82, 2.24) is 4.98 Å². The number of rotatable bonds is 5. The first-order valence-corrected chi connectivity index (χ1v) is 8.33. The number of nitrogens with zero attached hydrogens (tertiary/aromatic N) is 1. The van der Waals surface area contributed by atoms with Crippen molar-refractivity contribution in [3.05, 3.63) is 50.2 Å². The number of alkyl halides is 1. The molecule has 0 saturated carbocycles. The molecule has 0 amide bonds. The highest BCUT2D eigenvalue weighted by atomic mass is 79.9. The van der Waals surface area contributed by atoms with Gasteiger partial charge in [0.25, 0.3) is 0 Å². The van der Waals surface area contributed by atoms with Crippen molar-refractivity contribution < 1.29 is 9.47 Å². The summed E-state index contributed by atoms with van der Waals surface area (Å²) < 4.78 is 12.8. The van der Waals surface area contributed by atoms with Gasteiger partial charge < -0.3 is 9.47 Å². The number of hydrogen-bond donors (Lipinski definition) is 0. The predicted octanol–water partition coefficient (Wildman–Crippen LogP) is 5.24. The van der Waals surface area contributed by atoms with Crippen LogP contribution in [0.3, 0.4) is 0 Å². The van der Waals surface area contributed by atoms with Crippen LogP contribution in [0.5, 0.6) is 11.5 Å². The van der Waals surface area contributed by atoms with Gasteiger partial charge in [-0.25, -0.2) is 0 Å². The van der Waals surface area contributed by atoms with E-state index >= 15 is 0 Å². The largest absolute Gasteiger partial charge is 0.497 e. The first kappa shape index (κ1) is 16.6. The topological polar surface area (TPSA) is 31.4 Å². The molecule has 0 radical (unpaired) electrons. The van der Waals surface area contributed by atoms with Crippen molar-refractivity contribution in [2.45, 2.75) is 19.4 Å². The van der Waals surface area contributed by atoms with Crippen molar-refractivity contribution in [3.8, 4) is 11.5 Å². The third-order valence-electron chi connectivity index (χ3n) is 2.79. The summed E-state index contributed by atoms with van der Waals surface area (Å²) in [5, 5.41) is 0. The molecule has 6 heteroatoms. The lowest BCUT2D eigenvalue weighted by atomic mass is 10.2. The number of benzene rings is 1. The lowest BCUT2D eigenvalue weighted by Gasteiger charge is -2.12. The van der Waals surface area contributed by atoms with Gasteiger partial charge in [0.1, 0.15) is 18.1 Å². The number of hydrogen-bond acceptors (Lipinski definition) is 3. The Balaban J connectivity index is 2.18. The lowest BCUT2D eigenvalue weighted by molar-refractivity contribution is 0.296. The highest BCUT2D eigenvalue weighted by molar-refractivity contribution is 9.11. The average molecular weight is 436 g/mol. The molecule has 0 fully saturated rings. The summed E-state index contributed by atoms with van der Waals surface area (Å²) >= 11 is 12.8. The molecule has 0 saturated heterocycles. The zero-order valence-electron chi connectivity index (χ0n) is 11.6. The highest BCUT2D eigenvalue weighted by Gasteiger charge is 2.10. The molecule has 1 heterocycles. The molecule has 0 aliphatic rings. The summed E-state index contributed by atoms with van der Waals surface area (Å²) in [6.07, 6.45) is 0. The van der Waals surface area contributed by atoms with E-state index in [1.165, 1.54) is 0 Å². The van der Waals surface area contributed by atoms with Crippen molar-refractivity contribution in [2.24, 2.45) is 0 Å². The van der Waals surface area contributed by atoms with Crippen LogP contribution in [-0.4, -0.2) is 12.1 Å². The van der Waals surface area contributed by atoms with Crippen LogP contribution in [0.2, 0.25) is 0 Å². The molecule has 2 rings (SSSR count). The molecule has 0 N–H and O–H groups in total. The van der Waals surface area contributed by atoms with Crippen molar-refractivity contribution in [1.29, 1.82) is 0 Å². The number of ether oxygens (including phenoxy) is 2. The maximum absolute atomic E-state index is 5.85. The van der Waals surface area contributed by atoms with Crippen LogP contribution in [0.15, 0.2) is 33.2 Å². The van der Waals surface area contributed by atoms with Crippen LogP contribution < -0.4 is 9.47 Å². The van der Waals surface area contributed by atoms with E-state index in [1.54, 1.807) is 7.11 Å². The first-order chi connectivity index (χ1) is 10.0. The summed E-state index contributed by atoms with van der Waals surface area (Å²) in [5.74, 6) is 1.96. The average Bonchev–Trinajstić information content (AvgIpc) is 2.45. The molecule has 1 aromatic heterocycles. The van der Waals surface area contributed by atoms with Gasteiger partial charge in [-0.2, -0.15) is 0 Å². The van der Waals surface area contributed by atoms with Crippen LogP contribution in [0, 0.1) is 6.92 Å². The Labute approximate surface area is 145 Å². The summed E-state index contributed by atoms with van der Waals surface area (Å²) in [7, 11) is 1.64. The molecule has 3 nitrogen and oxygen atoms in total. The minimum Gasteiger partial charge on any atom is -0.497 e. The minimum atomic E-state index is 0.357.